The lowest BCUT2D eigenvalue weighted by molar-refractivity contribution is 0.0831. The fraction of sp³-hybridized carbons (Fsp3) is 0.0400. The zero-order chi connectivity index (χ0) is 25.0. The van der Waals surface area contributed by atoms with Crippen LogP contribution >= 0.6 is 0 Å². The van der Waals surface area contributed by atoms with Crippen molar-refractivity contribution in [3.05, 3.63) is 96.4 Å². The molecule has 4 N–H and O–H groups in total. The highest BCUT2D eigenvalue weighted by molar-refractivity contribution is 7.92. The lowest BCUT2D eigenvalue weighted by Crippen LogP contribution is -2.41. The average Bonchev–Trinajstić information content (AvgIpc) is 3.29. The number of amides is 2. The Kier molecular flexibility index (Phi) is 6.56. The van der Waals surface area contributed by atoms with Gasteiger partial charge in [-0.25, -0.2) is 8.42 Å². The maximum Gasteiger partial charge on any atom is 0.306 e. The van der Waals surface area contributed by atoms with E-state index in [0.717, 1.165) is 29.5 Å². The number of benzene rings is 3. The number of rotatable bonds is 6. The second-order valence-corrected chi connectivity index (χ2v) is 9.35. The van der Waals surface area contributed by atoms with Crippen molar-refractivity contribution in [2.45, 2.75) is 0 Å². The number of anilines is 1. The molecule has 0 aliphatic heterocycles. The quantitative estimate of drug-likeness (QED) is 0.239. The number of carbonyl (C=O) groups is 2. The van der Waals surface area contributed by atoms with Crippen LogP contribution in [-0.4, -0.2) is 31.6 Å². The summed E-state index contributed by atoms with van der Waals surface area (Å²) < 4.78 is 30.7. The summed E-state index contributed by atoms with van der Waals surface area (Å²) in [5.41, 5.74) is 7.32. The van der Waals surface area contributed by atoms with Crippen molar-refractivity contribution >= 4 is 27.5 Å². The molecule has 0 saturated carbocycles. The van der Waals surface area contributed by atoms with Gasteiger partial charge in [-0.05, 0) is 29.3 Å². The molecule has 0 aliphatic rings. The monoisotopic (exact) mass is 491 g/mol. The van der Waals surface area contributed by atoms with E-state index in [0.29, 0.717) is 11.1 Å². The van der Waals surface area contributed by atoms with Crippen LogP contribution in [0.5, 0.6) is 5.75 Å². The molecule has 1 aromatic heterocycles. The first-order valence-corrected chi connectivity index (χ1v) is 12.3. The van der Waals surface area contributed by atoms with E-state index in [9.17, 15) is 23.1 Å². The van der Waals surface area contributed by atoms with Gasteiger partial charge in [0.15, 0.2) is 0 Å². The lowest BCUT2D eigenvalue weighted by Gasteiger charge is -2.11. The van der Waals surface area contributed by atoms with Crippen LogP contribution in [0, 0.1) is 0 Å². The topological polar surface area (TPSA) is 138 Å². The molecule has 0 atom stereocenters. The van der Waals surface area contributed by atoms with Crippen molar-refractivity contribution < 1.29 is 27.5 Å². The Labute approximate surface area is 201 Å². The third-order valence-corrected chi connectivity index (χ3v) is 5.58. The highest BCUT2D eigenvalue weighted by atomic mass is 32.2. The van der Waals surface area contributed by atoms with Gasteiger partial charge < -0.3 is 9.52 Å². The van der Waals surface area contributed by atoms with Gasteiger partial charge >= 0.3 is 5.91 Å². The SMILES string of the molecule is CS(=O)(=O)Nc1cc(C(=O)NNC(=O)c2occ(-c3ccccc3)c2-c2ccccc2)ccc1O. The van der Waals surface area contributed by atoms with Crippen molar-refractivity contribution in [2.24, 2.45) is 0 Å². The molecule has 4 rings (SSSR count). The Morgan fingerprint density at radius 2 is 1.43 bits per heavy atom. The molecule has 0 radical (unpaired) electrons. The Hall–Kier alpha value is -4.57. The van der Waals surface area contributed by atoms with E-state index in [1.807, 2.05) is 60.7 Å². The molecule has 4 aromatic rings. The molecular formula is C25H21N3O6S. The minimum Gasteiger partial charge on any atom is -0.506 e. The Balaban J connectivity index is 1.58. The summed E-state index contributed by atoms with van der Waals surface area (Å²) in [4.78, 5) is 25.6. The van der Waals surface area contributed by atoms with Crippen molar-refractivity contribution in [3.63, 3.8) is 0 Å². The number of phenols is 1. The number of hydrogen-bond acceptors (Lipinski definition) is 6. The molecule has 0 unspecified atom stereocenters. The van der Waals surface area contributed by atoms with Gasteiger partial charge in [0, 0.05) is 16.7 Å². The molecule has 0 fully saturated rings. The van der Waals surface area contributed by atoms with E-state index >= 15 is 0 Å². The maximum absolute atomic E-state index is 13.0. The third kappa shape index (κ3) is 5.50. The van der Waals surface area contributed by atoms with Crippen LogP contribution in [0.1, 0.15) is 20.9 Å². The number of sulfonamides is 1. The number of furan rings is 1. The van der Waals surface area contributed by atoms with Gasteiger partial charge in [0.1, 0.15) is 5.75 Å². The fourth-order valence-electron chi connectivity index (χ4n) is 3.45. The second-order valence-electron chi connectivity index (χ2n) is 7.60. The number of carbonyl (C=O) groups excluding carboxylic acids is 2. The summed E-state index contributed by atoms with van der Waals surface area (Å²) in [5, 5.41) is 9.84. The molecule has 9 nitrogen and oxygen atoms in total. The molecule has 2 amide bonds. The molecule has 35 heavy (non-hydrogen) atoms. The molecule has 0 bridgehead atoms. The largest absolute Gasteiger partial charge is 0.506 e. The van der Waals surface area contributed by atoms with Crippen molar-refractivity contribution in [3.8, 4) is 28.0 Å². The van der Waals surface area contributed by atoms with Gasteiger partial charge in [-0.1, -0.05) is 60.7 Å². The van der Waals surface area contributed by atoms with Gasteiger partial charge in [-0.2, -0.15) is 0 Å². The van der Waals surface area contributed by atoms with Crippen molar-refractivity contribution in [2.75, 3.05) is 11.0 Å². The molecule has 3 aromatic carbocycles. The Morgan fingerprint density at radius 1 is 0.829 bits per heavy atom. The van der Waals surface area contributed by atoms with E-state index < -0.39 is 21.8 Å². The number of hydrazine groups is 1. The van der Waals surface area contributed by atoms with Gasteiger partial charge in [0.05, 0.1) is 18.2 Å². The number of nitrogens with one attached hydrogen (secondary N) is 3. The van der Waals surface area contributed by atoms with Crippen LogP contribution in [0.3, 0.4) is 0 Å². The smallest absolute Gasteiger partial charge is 0.306 e. The first-order chi connectivity index (χ1) is 16.7. The van der Waals surface area contributed by atoms with Gasteiger partial charge in [-0.3, -0.25) is 25.2 Å². The van der Waals surface area contributed by atoms with E-state index in [2.05, 4.69) is 15.6 Å². The first kappa shape index (κ1) is 23.6. The molecule has 0 saturated heterocycles. The minimum atomic E-state index is -3.68. The van der Waals surface area contributed by atoms with Crippen LogP contribution in [0.4, 0.5) is 5.69 Å². The summed E-state index contributed by atoms with van der Waals surface area (Å²) in [6.45, 7) is 0. The summed E-state index contributed by atoms with van der Waals surface area (Å²) in [7, 11) is -3.68. The van der Waals surface area contributed by atoms with Crippen LogP contribution in [-0.2, 0) is 10.0 Å². The van der Waals surface area contributed by atoms with E-state index in [1.165, 1.54) is 12.3 Å². The predicted octanol–water partition coefficient (Wildman–Crippen LogP) is 3.77. The molecule has 0 aliphatic carbocycles. The van der Waals surface area contributed by atoms with Crippen molar-refractivity contribution in [1.29, 1.82) is 0 Å². The molecule has 1 heterocycles. The second kappa shape index (κ2) is 9.74. The summed E-state index contributed by atoms with van der Waals surface area (Å²) in [5.74, 6) is -1.77. The molecule has 10 heteroatoms. The summed E-state index contributed by atoms with van der Waals surface area (Å²) in [6.07, 6.45) is 2.40. The predicted molar refractivity (Wildman–Crippen MR) is 131 cm³/mol. The van der Waals surface area contributed by atoms with Crippen molar-refractivity contribution in [1.82, 2.24) is 10.9 Å². The normalized spacial score (nSPS) is 11.0. The molecule has 178 valence electrons. The summed E-state index contributed by atoms with van der Waals surface area (Å²) in [6, 6.07) is 22.3. The maximum atomic E-state index is 13.0. The third-order valence-electron chi connectivity index (χ3n) is 4.99. The number of aromatic hydroxyl groups is 1. The standard InChI is InChI=1S/C25H21N3O6S/c1-35(32,33)28-20-14-18(12-13-21(20)29)24(30)26-27-25(31)23-22(17-10-6-3-7-11-17)19(15-34-23)16-8-4-2-5-9-16/h2-15,28-29H,1H3,(H,26,30)(H,27,31). The van der Waals surface area contributed by atoms with Crippen LogP contribution in [0.2, 0.25) is 0 Å². The fourth-order valence-corrected chi connectivity index (χ4v) is 4.01. The average molecular weight is 492 g/mol. The number of hydrogen-bond donors (Lipinski definition) is 4. The number of phenolic OH excluding ortho intramolecular Hbond substituents is 1. The Morgan fingerprint density at radius 3 is 2.06 bits per heavy atom. The van der Waals surface area contributed by atoms with E-state index in [4.69, 9.17) is 4.42 Å². The zero-order valence-corrected chi connectivity index (χ0v) is 19.3. The first-order valence-electron chi connectivity index (χ1n) is 10.4. The van der Waals surface area contributed by atoms with Crippen LogP contribution in [0.25, 0.3) is 22.3 Å². The van der Waals surface area contributed by atoms with Gasteiger partial charge in [0.25, 0.3) is 5.91 Å². The molecular weight excluding hydrogens is 470 g/mol. The highest BCUT2D eigenvalue weighted by Gasteiger charge is 2.23. The minimum absolute atomic E-state index is 0.000455. The van der Waals surface area contributed by atoms with Crippen LogP contribution < -0.4 is 15.6 Å². The van der Waals surface area contributed by atoms with E-state index in [-0.39, 0.29) is 22.8 Å². The highest BCUT2D eigenvalue weighted by Crippen LogP contribution is 2.36. The molecule has 0 spiro atoms. The van der Waals surface area contributed by atoms with Gasteiger partial charge in [-0.15, -0.1) is 0 Å². The lowest BCUT2D eigenvalue weighted by atomic mass is 9.96. The van der Waals surface area contributed by atoms with Crippen LogP contribution in [0.15, 0.2) is 89.5 Å². The zero-order valence-electron chi connectivity index (χ0n) is 18.5. The van der Waals surface area contributed by atoms with Gasteiger partial charge in [0.2, 0.25) is 15.8 Å². The summed E-state index contributed by atoms with van der Waals surface area (Å²) >= 11 is 0. The Bertz CT molecular complexity index is 1480. The van der Waals surface area contributed by atoms with E-state index in [1.54, 1.807) is 0 Å².